The van der Waals surface area contributed by atoms with E-state index >= 15 is 0 Å². The Kier molecular flexibility index (Phi) is 7.36. The Bertz CT molecular complexity index is 1310. The monoisotopic (exact) mass is 473 g/mol. The van der Waals surface area contributed by atoms with Gasteiger partial charge in [-0.2, -0.15) is 0 Å². The molecule has 33 heavy (non-hydrogen) atoms. The van der Waals surface area contributed by atoms with Crippen molar-refractivity contribution in [1.29, 1.82) is 0 Å². The maximum Gasteiger partial charge on any atom is 0.337 e. The second kappa shape index (κ2) is 9.86. The van der Waals surface area contributed by atoms with Crippen LogP contribution < -0.4 is 5.73 Å². The van der Waals surface area contributed by atoms with Crippen LogP contribution in [-0.4, -0.2) is 51.0 Å². The fraction of sp³-hybridized carbons (Fsp3) is 0.292. The van der Waals surface area contributed by atoms with Crippen molar-refractivity contribution >= 4 is 26.9 Å². The Morgan fingerprint density at radius 2 is 1.85 bits per heavy atom. The molecule has 1 heterocycles. The molecule has 0 saturated heterocycles. The van der Waals surface area contributed by atoms with Crippen molar-refractivity contribution in [2.45, 2.75) is 24.8 Å². The van der Waals surface area contributed by atoms with Crippen molar-refractivity contribution in [2.24, 2.45) is 5.73 Å². The van der Waals surface area contributed by atoms with Crippen LogP contribution in [0, 0.1) is 6.92 Å². The van der Waals surface area contributed by atoms with Crippen molar-refractivity contribution < 1.29 is 22.3 Å². The molecule has 0 spiro atoms. The lowest BCUT2D eigenvalue weighted by Crippen LogP contribution is -2.22. The summed E-state index contributed by atoms with van der Waals surface area (Å²) < 4.78 is 46.9. The summed E-state index contributed by atoms with van der Waals surface area (Å²) in [5.41, 5.74) is 9.27. The van der Waals surface area contributed by atoms with Gasteiger partial charge in [0.15, 0.2) is 0 Å². The molecule has 0 saturated carbocycles. The number of nitrogens with zero attached hydrogens (tertiary/aromatic N) is 2. The molecule has 0 atom stereocenters. The van der Waals surface area contributed by atoms with Crippen molar-refractivity contribution in [3.8, 4) is 0 Å². The Morgan fingerprint density at radius 3 is 2.42 bits per heavy atom. The first-order valence-electron chi connectivity index (χ1n) is 10.4. The molecule has 0 fully saturated rings. The van der Waals surface area contributed by atoms with Crippen LogP contribution >= 0.6 is 0 Å². The van der Waals surface area contributed by atoms with Crippen molar-refractivity contribution in [1.82, 2.24) is 8.87 Å². The first-order chi connectivity index (χ1) is 15.6. The third kappa shape index (κ3) is 5.00. The molecule has 0 amide bonds. The number of sulfonamides is 1. The standard InChI is InChI=1S/C24H28FN3O4S/c1-16-21(13-17-5-8-20(9-6-17)33(30,31)27(2)3)22-14-18(24(29)32-4)7-10-23(22)28(16)15-19(25)11-12-26/h5-11,14H,12-13,15,26H2,1-4H3. The largest absolute Gasteiger partial charge is 0.465 e. The van der Waals surface area contributed by atoms with Gasteiger partial charge in [0.1, 0.15) is 5.83 Å². The Balaban J connectivity index is 2.09. The first kappa shape index (κ1) is 24.6. The SMILES string of the molecule is COC(=O)c1ccc2c(c1)c(Cc1ccc(S(=O)(=O)N(C)C)cc1)c(C)n2CC(F)=CCN. The maximum atomic E-state index is 14.3. The summed E-state index contributed by atoms with van der Waals surface area (Å²) in [5, 5.41) is 0.806. The number of ether oxygens (including phenoxy) is 1. The van der Waals surface area contributed by atoms with Crippen LogP contribution in [0.15, 0.2) is 59.3 Å². The fourth-order valence-corrected chi connectivity index (χ4v) is 4.66. The molecule has 0 unspecified atom stereocenters. The smallest absolute Gasteiger partial charge is 0.337 e. The molecular weight excluding hydrogens is 445 g/mol. The Labute approximate surface area is 193 Å². The van der Waals surface area contributed by atoms with Crippen molar-refractivity contribution in [2.75, 3.05) is 27.7 Å². The molecule has 2 aromatic carbocycles. The lowest BCUT2D eigenvalue weighted by molar-refractivity contribution is 0.0601. The van der Waals surface area contributed by atoms with Gasteiger partial charge in [0.25, 0.3) is 0 Å². The number of aromatic nitrogens is 1. The van der Waals surface area contributed by atoms with Gasteiger partial charge < -0.3 is 15.0 Å². The molecule has 0 radical (unpaired) electrons. The highest BCUT2D eigenvalue weighted by atomic mass is 32.2. The van der Waals surface area contributed by atoms with Crippen LogP contribution in [0.25, 0.3) is 10.9 Å². The average molecular weight is 474 g/mol. The molecule has 0 bridgehead atoms. The van der Waals surface area contributed by atoms with Gasteiger partial charge in [0.2, 0.25) is 10.0 Å². The van der Waals surface area contributed by atoms with E-state index in [0.29, 0.717) is 12.0 Å². The minimum atomic E-state index is -3.52. The number of hydrogen-bond acceptors (Lipinski definition) is 5. The summed E-state index contributed by atoms with van der Waals surface area (Å²) in [4.78, 5) is 12.3. The number of carbonyl (C=O) groups is 1. The number of nitrogens with two attached hydrogens (primary N) is 1. The minimum absolute atomic E-state index is 0.0249. The third-order valence-electron chi connectivity index (χ3n) is 5.61. The molecule has 3 rings (SSSR count). The summed E-state index contributed by atoms with van der Waals surface area (Å²) in [6.07, 6.45) is 1.81. The van der Waals surface area contributed by atoms with E-state index in [-0.39, 0.29) is 23.8 Å². The summed E-state index contributed by atoms with van der Waals surface area (Å²) in [6.45, 7) is 2.02. The van der Waals surface area contributed by atoms with Crippen LogP contribution in [0.3, 0.4) is 0 Å². The number of carbonyl (C=O) groups excluding carboxylic acids is 1. The molecule has 2 N–H and O–H groups in total. The molecular formula is C24H28FN3O4S. The van der Waals surface area contributed by atoms with Gasteiger partial charge in [-0.15, -0.1) is 0 Å². The lowest BCUT2D eigenvalue weighted by atomic mass is 10.0. The summed E-state index contributed by atoms with van der Waals surface area (Å²) in [7, 11) is 0.767. The predicted molar refractivity (Wildman–Crippen MR) is 126 cm³/mol. The summed E-state index contributed by atoms with van der Waals surface area (Å²) >= 11 is 0. The average Bonchev–Trinajstić information content (AvgIpc) is 3.04. The molecule has 0 aliphatic carbocycles. The number of rotatable bonds is 8. The topological polar surface area (TPSA) is 94.6 Å². The van der Waals surface area contributed by atoms with Gasteiger partial charge in [-0.25, -0.2) is 21.9 Å². The first-order valence-corrected chi connectivity index (χ1v) is 11.8. The molecule has 9 heteroatoms. The Hall–Kier alpha value is -3.01. The van der Waals surface area contributed by atoms with E-state index in [9.17, 15) is 17.6 Å². The number of allylic oxidation sites excluding steroid dienone is 1. The zero-order valence-electron chi connectivity index (χ0n) is 19.1. The van der Waals surface area contributed by atoms with Gasteiger partial charge in [-0.05, 0) is 60.9 Å². The fourth-order valence-electron chi connectivity index (χ4n) is 3.76. The maximum absolute atomic E-state index is 14.3. The van der Waals surface area contributed by atoms with E-state index in [0.717, 1.165) is 32.0 Å². The normalized spacial score (nSPS) is 12.5. The number of benzene rings is 2. The summed E-state index contributed by atoms with van der Waals surface area (Å²) in [6, 6.07) is 11.8. The summed E-state index contributed by atoms with van der Waals surface area (Å²) in [5.74, 6) is -0.806. The van der Waals surface area contributed by atoms with Gasteiger partial charge in [-0.3, -0.25) is 0 Å². The van der Waals surface area contributed by atoms with E-state index < -0.39 is 16.0 Å². The molecule has 0 aliphatic rings. The molecule has 1 aromatic heterocycles. The highest BCUT2D eigenvalue weighted by molar-refractivity contribution is 7.89. The van der Waals surface area contributed by atoms with E-state index in [1.807, 2.05) is 11.5 Å². The van der Waals surface area contributed by atoms with Crippen LogP contribution in [0.2, 0.25) is 0 Å². The lowest BCUT2D eigenvalue weighted by Gasteiger charge is -2.12. The highest BCUT2D eigenvalue weighted by Gasteiger charge is 2.19. The van der Waals surface area contributed by atoms with Gasteiger partial charge in [0, 0.05) is 37.2 Å². The number of hydrogen-bond donors (Lipinski definition) is 1. The predicted octanol–water partition coefficient (Wildman–Crippen LogP) is 3.39. The minimum Gasteiger partial charge on any atom is -0.465 e. The van der Waals surface area contributed by atoms with E-state index in [4.69, 9.17) is 10.5 Å². The van der Waals surface area contributed by atoms with Crippen LogP contribution in [0.5, 0.6) is 0 Å². The zero-order valence-corrected chi connectivity index (χ0v) is 19.9. The molecule has 7 nitrogen and oxygen atoms in total. The number of esters is 1. The zero-order chi connectivity index (χ0) is 24.3. The number of fused-ring (bicyclic) bond motifs is 1. The quantitative estimate of drug-likeness (QED) is 0.506. The van der Waals surface area contributed by atoms with Gasteiger partial charge in [-0.1, -0.05) is 12.1 Å². The second-order valence-corrected chi connectivity index (χ2v) is 10.0. The molecule has 0 aliphatic heterocycles. The van der Waals surface area contributed by atoms with E-state index in [1.54, 1.807) is 42.5 Å². The molecule has 176 valence electrons. The van der Waals surface area contributed by atoms with E-state index in [1.165, 1.54) is 27.3 Å². The third-order valence-corrected chi connectivity index (χ3v) is 7.44. The molecule has 3 aromatic rings. The number of methoxy groups -OCH3 is 1. The van der Waals surface area contributed by atoms with Crippen LogP contribution in [0.1, 0.15) is 27.2 Å². The van der Waals surface area contributed by atoms with Crippen molar-refractivity contribution in [3.63, 3.8) is 0 Å². The van der Waals surface area contributed by atoms with Crippen molar-refractivity contribution in [3.05, 3.63) is 76.8 Å². The van der Waals surface area contributed by atoms with E-state index in [2.05, 4.69) is 0 Å². The van der Waals surface area contributed by atoms with Crippen LogP contribution in [0.4, 0.5) is 4.39 Å². The van der Waals surface area contributed by atoms with Gasteiger partial charge in [0.05, 0.1) is 24.1 Å². The van der Waals surface area contributed by atoms with Gasteiger partial charge >= 0.3 is 5.97 Å². The highest BCUT2D eigenvalue weighted by Crippen LogP contribution is 2.30. The second-order valence-electron chi connectivity index (χ2n) is 7.87. The van der Waals surface area contributed by atoms with Crippen LogP contribution in [-0.2, 0) is 27.7 Å². The Morgan fingerprint density at radius 1 is 1.18 bits per heavy atom. The number of halogens is 1.